The largest absolute Gasteiger partial charge is 0.458 e. The Labute approximate surface area is 81.7 Å². The highest BCUT2D eigenvalue weighted by Crippen LogP contribution is 2.49. The van der Waals surface area contributed by atoms with E-state index in [0.717, 1.165) is 12.8 Å². The summed E-state index contributed by atoms with van der Waals surface area (Å²) in [5.74, 6) is 0.0443. The molecule has 1 fully saturated rings. The number of cyclic esters (lactones) is 1. The summed E-state index contributed by atoms with van der Waals surface area (Å²) >= 11 is 0. The fourth-order valence-electron chi connectivity index (χ4n) is 2.42. The second-order valence-corrected chi connectivity index (χ2v) is 10.3. The molecule has 1 heterocycles. The Morgan fingerprint density at radius 2 is 1.77 bits per heavy atom. The van der Waals surface area contributed by atoms with Gasteiger partial charge in [-0.3, -0.25) is 4.79 Å². The van der Waals surface area contributed by atoms with Gasteiger partial charge >= 0.3 is 5.97 Å². The van der Waals surface area contributed by atoms with Crippen LogP contribution in [0.3, 0.4) is 0 Å². The Kier molecular flexibility index (Phi) is 2.58. The molecule has 0 aliphatic carbocycles. The van der Waals surface area contributed by atoms with Crippen molar-refractivity contribution in [1.82, 2.24) is 0 Å². The van der Waals surface area contributed by atoms with Crippen LogP contribution in [0.5, 0.6) is 0 Å². The van der Waals surface area contributed by atoms with Gasteiger partial charge < -0.3 is 4.74 Å². The van der Waals surface area contributed by atoms with E-state index in [9.17, 15) is 4.79 Å². The maximum absolute atomic E-state index is 11.4. The molecule has 0 aromatic heterocycles. The smallest absolute Gasteiger partial charge is 0.310 e. The van der Waals surface area contributed by atoms with E-state index in [0.29, 0.717) is 0 Å². The normalized spacial score (nSPS) is 26.5. The molecule has 0 amide bonds. The molecule has 0 N–H and O–H groups in total. The van der Waals surface area contributed by atoms with Gasteiger partial charge in [-0.05, 0) is 12.8 Å². The molecule has 1 atom stereocenters. The van der Waals surface area contributed by atoms with Crippen LogP contribution in [0.4, 0.5) is 0 Å². The Morgan fingerprint density at radius 3 is 1.92 bits per heavy atom. The maximum Gasteiger partial charge on any atom is 0.310 e. The van der Waals surface area contributed by atoms with Crippen molar-refractivity contribution in [3.8, 4) is 0 Å². The second kappa shape index (κ2) is 3.12. The van der Waals surface area contributed by atoms with Gasteiger partial charge in [0.2, 0.25) is 0 Å². The molecule has 0 saturated carbocycles. The summed E-state index contributed by atoms with van der Waals surface area (Å²) in [5, 5.41) is 0. The monoisotopic (exact) mass is 200 g/mol. The van der Waals surface area contributed by atoms with Gasteiger partial charge in [-0.25, -0.2) is 0 Å². The van der Waals surface area contributed by atoms with E-state index in [-0.39, 0.29) is 17.1 Å². The molecule has 3 heteroatoms. The Morgan fingerprint density at radius 1 is 1.31 bits per heavy atom. The summed E-state index contributed by atoms with van der Waals surface area (Å²) in [6, 6.07) is 0. The van der Waals surface area contributed by atoms with Crippen molar-refractivity contribution in [3.05, 3.63) is 0 Å². The molecule has 1 aliphatic heterocycles. The molecule has 1 unspecified atom stereocenters. The fourth-order valence-corrected chi connectivity index (χ4v) is 5.23. The molecule has 1 rings (SSSR count). The highest BCUT2D eigenvalue weighted by atomic mass is 28.3. The molecular weight excluding hydrogens is 180 g/mol. The van der Waals surface area contributed by atoms with Gasteiger partial charge in [0.05, 0.1) is 13.6 Å². The number of carbonyl (C=O) groups is 1. The van der Waals surface area contributed by atoms with Crippen LogP contribution in [0.2, 0.25) is 25.2 Å². The molecule has 0 bridgehead atoms. The molecule has 0 spiro atoms. The summed E-state index contributed by atoms with van der Waals surface area (Å²) < 4.78 is 5.36. The molecule has 0 aromatic carbocycles. The van der Waals surface area contributed by atoms with E-state index in [2.05, 4.69) is 33.5 Å². The van der Waals surface area contributed by atoms with Crippen molar-refractivity contribution in [3.63, 3.8) is 0 Å². The molecular formula is C10H20O2Si. The number of esters is 1. The lowest BCUT2D eigenvalue weighted by atomic mass is 9.88. The average molecular weight is 200 g/mol. The van der Waals surface area contributed by atoms with Crippen molar-refractivity contribution >= 4 is 14.0 Å². The first-order valence-electron chi connectivity index (χ1n) is 5.10. The standard InChI is InChI=1S/C10H20O2Si/c1-6-10(7-2)8(9(11)12-10)13(3,4)5/h8H,6-7H2,1-5H3. The molecule has 1 aliphatic rings. The van der Waals surface area contributed by atoms with Crippen LogP contribution in [-0.4, -0.2) is 19.6 Å². The Hall–Kier alpha value is -0.313. The highest BCUT2D eigenvalue weighted by molar-refractivity contribution is 6.81. The topological polar surface area (TPSA) is 26.3 Å². The molecule has 2 nitrogen and oxygen atoms in total. The summed E-state index contributed by atoms with van der Waals surface area (Å²) in [4.78, 5) is 11.4. The zero-order valence-electron chi connectivity index (χ0n) is 9.31. The van der Waals surface area contributed by atoms with Gasteiger partial charge in [-0.15, -0.1) is 0 Å². The summed E-state index contributed by atoms with van der Waals surface area (Å²) in [5.41, 5.74) is 0.108. The second-order valence-electron chi connectivity index (χ2n) is 4.99. The maximum atomic E-state index is 11.4. The van der Waals surface area contributed by atoms with Gasteiger partial charge in [0, 0.05) is 0 Å². The van der Waals surface area contributed by atoms with Crippen molar-refractivity contribution in [2.45, 2.75) is 57.5 Å². The highest BCUT2D eigenvalue weighted by Gasteiger charge is 2.59. The van der Waals surface area contributed by atoms with Crippen LogP contribution in [-0.2, 0) is 9.53 Å². The lowest BCUT2D eigenvalue weighted by Gasteiger charge is -2.51. The van der Waals surface area contributed by atoms with Gasteiger partial charge in [0.15, 0.2) is 0 Å². The zero-order chi connectivity index (χ0) is 10.3. The molecule has 0 radical (unpaired) electrons. The summed E-state index contributed by atoms with van der Waals surface area (Å²) in [6.45, 7) is 11.0. The van der Waals surface area contributed by atoms with Gasteiger partial charge in [-0.1, -0.05) is 33.5 Å². The lowest BCUT2D eigenvalue weighted by molar-refractivity contribution is -0.193. The number of rotatable bonds is 3. The molecule has 13 heavy (non-hydrogen) atoms. The van der Waals surface area contributed by atoms with Crippen LogP contribution in [0.25, 0.3) is 0 Å². The minimum atomic E-state index is -1.39. The summed E-state index contributed by atoms with van der Waals surface area (Å²) in [6.07, 6.45) is 1.92. The van der Waals surface area contributed by atoms with Crippen molar-refractivity contribution < 1.29 is 9.53 Å². The fraction of sp³-hybridized carbons (Fsp3) is 0.900. The van der Waals surface area contributed by atoms with Gasteiger partial charge in [-0.2, -0.15) is 0 Å². The SMILES string of the molecule is CCC1(CC)OC(=O)C1[Si](C)(C)C. The van der Waals surface area contributed by atoms with Crippen molar-refractivity contribution in [2.24, 2.45) is 0 Å². The number of ether oxygens (including phenoxy) is 1. The first-order chi connectivity index (χ1) is 5.87. The minimum absolute atomic E-state index is 0.0443. The van der Waals surface area contributed by atoms with Crippen LogP contribution in [0, 0.1) is 0 Å². The van der Waals surface area contributed by atoms with Gasteiger partial charge in [0.25, 0.3) is 0 Å². The minimum Gasteiger partial charge on any atom is -0.458 e. The first-order valence-corrected chi connectivity index (χ1v) is 8.68. The quantitative estimate of drug-likeness (QED) is 0.517. The van der Waals surface area contributed by atoms with Crippen LogP contribution >= 0.6 is 0 Å². The number of hydrogen-bond donors (Lipinski definition) is 0. The molecule has 0 aromatic rings. The first kappa shape index (κ1) is 10.8. The van der Waals surface area contributed by atoms with E-state index >= 15 is 0 Å². The van der Waals surface area contributed by atoms with E-state index in [1.807, 2.05) is 0 Å². The third kappa shape index (κ3) is 1.54. The van der Waals surface area contributed by atoms with Crippen LogP contribution in [0.1, 0.15) is 26.7 Å². The van der Waals surface area contributed by atoms with Crippen molar-refractivity contribution in [1.29, 1.82) is 0 Å². The summed E-state index contributed by atoms with van der Waals surface area (Å²) in [7, 11) is -1.39. The lowest BCUT2D eigenvalue weighted by Crippen LogP contribution is -2.61. The predicted molar refractivity (Wildman–Crippen MR) is 56.5 cm³/mol. The van der Waals surface area contributed by atoms with Crippen LogP contribution in [0.15, 0.2) is 0 Å². The third-order valence-electron chi connectivity index (χ3n) is 3.13. The zero-order valence-corrected chi connectivity index (χ0v) is 10.3. The van der Waals surface area contributed by atoms with E-state index < -0.39 is 8.07 Å². The number of hydrogen-bond acceptors (Lipinski definition) is 2. The van der Waals surface area contributed by atoms with E-state index in [1.165, 1.54) is 0 Å². The molecule has 1 saturated heterocycles. The van der Waals surface area contributed by atoms with Crippen LogP contribution < -0.4 is 0 Å². The Balaban J connectivity index is 2.87. The van der Waals surface area contributed by atoms with Crippen molar-refractivity contribution in [2.75, 3.05) is 0 Å². The average Bonchev–Trinajstić information content (AvgIpc) is 1.95. The Bertz CT molecular complexity index is 213. The van der Waals surface area contributed by atoms with E-state index in [4.69, 9.17) is 4.74 Å². The third-order valence-corrected chi connectivity index (χ3v) is 5.62. The molecule has 76 valence electrons. The van der Waals surface area contributed by atoms with E-state index in [1.54, 1.807) is 0 Å². The van der Waals surface area contributed by atoms with Gasteiger partial charge in [0.1, 0.15) is 5.60 Å². The predicted octanol–water partition coefficient (Wildman–Crippen LogP) is 2.81. The number of carbonyl (C=O) groups excluding carboxylic acids is 1.